The largest absolute Gasteiger partial charge is 0.0835 e. The van der Waals surface area contributed by atoms with Gasteiger partial charge in [0, 0.05) is 4.83 Å². The molecule has 0 heterocycles. The maximum absolute atomic E-state index is 3.82. The Balaban J connectivity index is 2.09. The van der Waals surface area contributed by atoms with Gasteiger partial charge >= 0.3 is 0 Å². The van der Waals surface area contributed by atoms with E-state index in [-0.39, 0.29) is 5.41 Å². The molecule has 0 nitrogen and oxygen atoms in total. The van der Waals surface area contributed by atoms with Gasteiger partial charge in [0.05, 0.1) is 0 Å². The molecule has 0 saturated carbocycles. The predicted octanol–water partition coefficient (Wildman–Crippen LogP) is 5.97. The smallest absolute Gasteiger partial charge is 0.0435 e. The topological polar surface area (TPSA) is 0 Å². The van der Waals surface area contributed by atoms with Crippen molar-refractivity contribution in [2.45, 2.75) is 44.4 Å². The van der Waals surface area contributed by atoms with E-state index in [1.165, 1.54) is 22.3 Å². The van der Waals surface area contributed by atoms with Crippen LogP contribution < -0.4 is 0 Å². The third kappa shape index (κ3) is 3.96. The third-order valence-electron chi connectivity index (χ3n) is 3.67. The molecule has 2 aromatic carbocycles. The van der Waals surface area contributed by atoms with Crippen LogP contribution in [0.25, 0.3) is 0 Å². The second-order valence-corrected chi connectivity index (χ2v) is 7.63. The average Bonchev–Trinajstić information content (AvgIpc) is 2.40. The molecule has 0 radical (unpaired) electrons. The summed E-state index contributed by atoms with van der Waals surface area (Å²) in [5, 5.41) is 0. The molecule has 0 bridgehead atoms. The van der Waals surface area contributed by atoms with Crippen molar-refractivity contribution in [3.63, 3.8) is 0 Å². The minimum Gasteiger partial charge on any atom is -0.0835 e. The van der Waals surface area contributed by atoms with Gasteiger partial charge in [-0.3, -0.25) is 0 Å². The van der Waals surface area contributed by atoms with Gasteiger partial charge in [-0.1, -0.05) is 90.8 Å². The molecule has 0 aliphatic carbocycles. The molecule has 0 amide bonds. The highest BCUT2D eigenvalue weighted by Crippen LogP contribution is 2.29. The van der Waals surface area contributed by atoms with Crippen LogP contribution in [0.5, 0.6) is 0 Å². The minimum atomic E-state index is 0.220. The maximum atomic E-state index is 3.82. The minimum absolute atomic E-state index is 0.220. The molecule has 0 spiro atoms. The highest BCUT2D eigenvalue weighted by molar-refractivity contribution is 9.09. The summed E-state index contributed by atoms with van der Waals surface area (Å²) in [5.74, 6) is 0. The van der Waals surface area contributed by atoms with Gasteiger partial charge in [-0.25, -0.2) is 0 Å². The fourth-order valence-electron chi connectivity index (χ4n) is 2.24. The van der Waals surface area contributed by atoms with E-state index in [0.717, 1.165) is 6.42 Å². The Bertz CT molecular complexity index is 544. The Hall–Kier alpha value is -1.08. The lowest BCUT2D eigenvalue weighted by Gasteiger charge is -2.20. The van der Waals surface area contributed by atoms with Crippen molar-refractivity contribution in [3.8, 4) is 0 Å². The summed E-state index contributed by atoms with van der Waals surface area (Å²) >= 11 is 3.82. The summed E-state index contributed by atoms with van der Waals surface area (Å²) in [7, 11) is 0. The number of aryl methyl sites for hydroxylation is 1. The summed E-state index contributed by atoms with van der Waals surface area (Å²) < 4.78 is 0. The number of rotatable bonds is 3. The normalized spacial score (nSPS) is 13.2. The maximum Gasteiger partial charge on any atom is 0.0435 e. The Morgan fingerprint density at radius 1 is 0.900 bits per heavy atom. The summed E-state index contributed by atoms with van der Waals surface area (Å²) in [6.07, 6.45) is 1.02. The van der Waals surface area contributed by atoms with Gasteiger partial charge in [0.1, 0.15) is 0 Å². The SMILES string of the molecule is Cc1ccc(CC(Br)c2ccc(C(C)(C)C)cc2)cc1. The van der Waals surface area contributed by atoms with Crippen molar-refractivity contribution in [1.82, 2.24) is 0 Å². The molecule has 0 N–H and O–H groups in total. The summed E-state index contributed by atoms with van der Waals surface area (Å²) in [4.78, 5) is 0.374. The van der Waals surface area contributed by atoms with Crippen molar-refractivity contribution in [2.24, 2.45) is 0 Å². The standard InChI is InChI=1S/C19H23Br/c1-14-5-7-15(8-6-14)13-18(20)16-9-11-17(12-10-16)19(2,3)4/h5-12,18H,13H2,1-4H3. The van der Waals surface area contributed by atoms with E-state index in [2.05, 4.69) is 92.2 Å². The molecule has 2 aromatic rings. The van der Waals surface area contributed by atoms with Gasteiger partial charge in [-0.15, -0.1) is 0 Å². The predicted molar refractivity (Wildman–Crippen MR) is 91.7 cm³/mol. The van der Waals surface area contributed by atoms with Crippen molar-refractivity contribution in [1.29, 1.82) is 0 Å². The van der Waals surface area contributed by atoms with Gasteiger partial charge < -0.3 is 0 Å². The van der Waals surface area contributed by atoms with Crippen LogP contribution in [-0.4, -0.2) is 0 Å². The summed E-state index contributed by atoms with van der Waals surface area (Å²) in [5.41, 5.74) is 5.64. The quantitative estimate of drug-likeness (QED) is 0.608. The van der Waals surface area contributed by atoms with Gasteiger partial charge in [0.25, 0.3) is 0 Å². The lowest BCUT2D eigenvalue weighted by molar-refractivity contribution is 0.590. The molecule has 1 atom stereocenters. The fraction of sp³-hybridized carbons (Fsp3) is 0.368. The third-order valence-corrected chi connectivity index (χ3v) is 4.53. The zero-order chi connectivity index (χ0) is 14.8. The van der Waals surface area contributed by atoms with Crippen LogP contribution >= 0.6 is 15.9 Å². The van der Waals surface area contributed by atoms with Gasteiger partial charge in [-0.2, -0.15) is 0 Å². The summed E-state index contributed by atoms with van der Waals surface area (Å²) in [6, 6.07) is 17.8. The van der Waals surface area contributed by atoms with Crippen LogP contribution in [0.15, 0.2) is 48.5 Å². The van der Waals surface area contributed by atoms with Crippen LogP contribution in [0.3, 0.4) is 0 Å². The van der Waals surface area contributed by atoms with E-state index in [0.29, 0.717) is 4.83 Å². The molecule has 0 aliphatic rings. The lowest BCUT2D eigenvalue weighted by atomic mass is 9.86. The molecule has 0 aliphatic heterocycles. The van der Waals surface area contributed by atoms with E-state index >= 15 is 0 Å². The van der Waals surface area contributed by atoms with Gasteiger partial charge in [0.2, 0.25) is 0 Å². The number of hydrogen-bond acceptors (Lipinski definition) is 0. The fourth-order valence-corrected chi connectivity index (χ4v) is 2.92. The average molecular weight is 331 g/mol. The monoisotopic (exact) mass is 330 g/mol. The van der Waals surface area contributed by atoms with E-state index in [4.69, 9.17) is 0 Å². The van der Waals surface area contributed by atoms with E-state index in [9.17, 15) is 0 Å². The van der Waals surface area contributed by atoms with Crippen LogP contribution in [0.2, 0.25) is 0 Å². The second-order valence-electron chi connectivity index (χ2n) is 6.53. The molecule has 106 valence electrons. The number of halogens is 1. The van der Waals surface area contributed by atoms with E-state index in [1.807, 2.05) is 0 Å². The zero-order valence-corrected chi connectivity index (χ0v) is 14.4. The molecule has 1 heteroatoms. The molecule has 0 fully saturated rings. The first kappa shape index (κ1) is 15.3. The second kappa shape index (κ2) is 6.13. The van der Waals surface area contributed by atoms with Crippen LogP contribution in [0.4, 0.5) is 0 Å². The lowest BCUT2D eigenvalue weighted by Crippen LogP contribution is -2.10. The first-order valence-corrected chi connectivity index (χ1v) is 8.08. The summed E-state index contributed by atoms with van der Waals surface area (Å²) in [6.45, 7) is 8.88. The molecule has 2 rings (SSSR count). The Labute approximate surface area is 131 Å². The number of benzene rings is 2. The number of hydrogen-bond donors (Lipinski definition) is 0. The first-order chi connectivity index (χ1) is 9.36. The van der Waals surface area contributed by atoms with Gasteiger partial charge in [0.15, 0.2) is 0 Å². The van der Waals surface area contributed by atoms with Crippen molar-refractivity contribution < 1.29 is 0 Å². The molecule has 1 unspecified atom stereocenters. The van der Waals surface area contributed by atoms with Crippen LogP contribution in [-0.2, 0) is 11.8 Å². The number of alkyl halides is 1. The molecular weight excluding hydrogens is 308 g/mol. The Morgan fingerprint density at radius 3 is 1.95 bits per heavy atom. The zero-order valence-electron chi connectivity index (χ0n) is 12.8. The van der Waals surface area contributed by atoms with Gasteiger partial charge in [-0.05, 0) is 35.4 Å². The highest BCUT2D eigenvalue weighted by Gasteiger charge is 2.14. The van der Waals surface area contributed by atoms with Crippen molar-refractivity contribution in [3.05, 3.63) is 70.8 Å². The molecular formula is C19H23Br. The first-order valence-electron chi connectivity index (χ1n) is 7.16. The molecule has 0 aromatic heterocycles. The molecule has 0 saturated heterocycles. The van der Waals surface area contributed by atoms with Crippen molar-refractivity contribution in [2.75, 3.05) is 0 Å². The Kier molecular flexibility index (Phi) is 4.70. The highest BCUT2D eigenvalue weighted by atomic mass is 79.9. The Morgan fingerprint density at radius 2 is 1.45 bits per heavy atom. The van der Waals surface area contributed by atoms with E-state index in [1.54, 1.807) is 0 Å². The van der Waals surface area contributed by atoms with Crippen LogP contribution in [0, 0.1) is 6.92 Å². The molecule has 20 heavy (non-hydrogen) atoms. The van der Waals surface area contributed by atoms with E-state index < -0.39 is 0 Å². The van der Waals surface area contributed by atoms with Crippen molar-refractivity contribution >= 4 is 15.9 Å². The van der Waals surface area contributed by atoms with Crippen LogP contribution in [0.1, 0.15) is 47.9 Å².